The maximum Gasteiger partial charge on any atom is 0.332 e. The number of carbonyl (C=O) groups excluding carboxylic acids is 2. The van der Waals surface area contributed by atoms with Crippen molar-refractivity contribution in [2.24, 2.45) is 0 Å². The number of hydrogen-bond donors (Lipinski definition) is 0. The normalized spacial score (nSPS) is 27.6. The molecular formula is C20H18ClNO4S. The highest BCUT2D eigenvalue weighted by molar-refractivity contribution is 7.88. The molecule has 2 fully saturated rings. The van der Waals surface area contributed by atoms with Gasteiger partial charge in [-0.3, -0.25) is 9.00 Å². The first-order valence-electron chi connectivity index (χ1n) is 8.68. The van der Waals surface area contributed by atoms with Crippen molar-refractivity contribution in [3.8, 4) is 0 Å². The van der Waals surface area contributed by atoms with Crippen molar-refractivity contribution < 1.29 is 18.5 Å². The highest BCUT2D eigenvalue weighted by atomic mass is 35.5. The molecule has 0 N–H and O–H groups in total. The van der Waals surface area contributed by atoms with E-state index in [1.54, 1.807) is 24.3 Å². The Labute approximate surface area is 164 Å². The van der Waals surface area contributed by atoms with E-state index in [9.17, 15) is 13.8 Å². The molecule has 4 rings (SSSR count). The average Bonchev–Trinajstić information content (AvgIpc) is 2.95. The third-order valence-electron chi connectivity index (χ3n) is 5.00. The number of carbonyl (C=O) groups is 2. The van der Waals surface area contributed by atoms with E-state index in [1.165, 1.54) is 4.90 Å². The summed E-state index contributed by atoms with van der Waals surface area (Å²) in [5.41, 5.74) is 0.833. The summed E-state index contributed by atoms with van der Waals surface area (Å²) in [5, 5.41) is 0. The molecule has 2 aromatic carbocycles. The molecule has 2 saturated heterocycles. The second kappa shape index (κ2) is 7.09. The standard InChI is InChI=1S/C20H18ClNO4S/c21-20(27(25)16-9-5-2-6-10-16)12-15-11-17(23)22(15)18(20)19(24)26-13-14-7-3-1-4-8-14/h1-10,15,18H,11-13H2. The molecule has 0 aliphatic carbocycles. The van der Waals surface area contributed by atoms with E-state index in [4.69, 9.17) is 16.3 Å². The average molecular weight is 404 g/mol. The van der Waals surface area contributed by atoms with Gasteiger partial charge in [0.2, 0.25) is 5.91 Å². The molecule has 2 aliphatic rings. The molecule has 4 unspecified atom stereocenters. The summed E-state index contributed by atoms with van der Waals surface area (Å²) in [6.07, 6.45) is 0.621. The number of fused-ring (bicyclic) bond motifs is 1. The van der Waals surface area contributed by atoms with Gasteiger partial charge in [-0.05, 0) is 17.7 Å². The first-order chi connectivity index (χ1) is 13.0. The van der Waals surface area contributed by atoms with Crippen LogP contribution in [0.5, 0.6) is 0 Å². The van der Waals surface area contributed by atoms with Crippen LogP contribution >= 0.6 is 11.6 Å². The van der Waals surface area contributed by atoms with Gasteiger partial charge in [-0.25, -0.2) is 4.79 Å². The molecule has 2 heterocycles. The number of hydrogen-bond acceptors (Lipinski definition) is 4. The van der Waals surface area contributed by atoms with Gasteiger partial charge in [0.05, 0.1) is 10.8 Å². The first kappa shape index (κ1) is 18.2. The minimum Gasteiger partial charge on any atom is -0.459 e. The van der Waals surface area contributed by atoms with E-state index in [-0.39, 0.29) is 18.6 Å². The molecule has 140 valence electrons. The SMILES string of the molecule is O=C(OCc1ccccc1)C1N2C(=O)CC2CC1(Cl)S(=O)c1ccccc1. The largest absolute Gasteiger partial charge is 0.459 e. The minimum absolute atomic E-state index is 0.0772. The lowest BCUT2D eigenvalue weighted by Gasteiger charge is -2.38. The van der Waals surface area contributed by atoms with Gasteiger partial charge >= 0.3 is 5.97 Å². The maximum absolute atomic E-state index is 13.2. The van der Waals surface area contributed by atoms with Crippen molar-refractivity contribution in [3.63, 3.8) is 0 Å². The molecule has 0 spiro atoms. The van der Waals surface area contributed by atoms with E-state index in [0.29, 0.717) is 17.7 Å². The Morgan fingerprint density at radius 1 is 1.15 bits per heavy atom. The maximum atomic E-state index is 13.2. The van der Waals surface area contributed by atoms with E-state index in [1.807, 2.05) is 36.4 Å². The lowest BCUT2D eigenvalue weighted by Crippen LogP contribution is -2.58. The molecule has 2 aromatic rings. The number of nitrogens with zero attached hydrogens (tertiary/aromatic N) is 1. The monoisotopic (exact) mass is 403 g/mol. The lowest BCUT2D eigenvalue weighted by atomic mass is 10.0. The number of benzene rings is 2. The van der Waals surface area contributed by atoms with Crippen LogP contribution in [0.1, 0.15) is 18.4 Å². The molecule has 1 amide bonds. The zero-order valence-electron chi connectivity index (χ0n) is 14.4. The van der Waals surface area contributed by atoms with Gasteiger partial charge < -0.3 is 9.64 Å². The van der Waals surface area contributed by atoms with E-state index < -0.39 is 27.0 Å². The molecule has 0 aromatic heterocycles. The number of alkyl halides is 1. The second-order valence-electron chi connectivity index (χ2n) is 6.73. The number of amides is 1. The fourth-order valence-electron chi connectivity index (χ4n) is 3.68. The number of halogens is 1. The van der Waals surface area contributed by atoms with Crippen LogP contribution in [0.15, 0.2) is 65.6 Å². The number of ether oxygens (including phenoxy) is 1. The highest BCUT2D eigenvalue weighted by Crippen LogP contribution is 2.49. The van der Waals surface area contributed by atoms with Crippen LogP contribution in [-0.2, 0) is 31.7 Å². The lowest BCUT2D eigenvalue weighted by molar-refractivity contribution is -0.161. The summed E-state index contributed by atoms with van der Waals surface area (Å²) in [6.45, 7) is 0.0772. The summed E-state index contributed by atoms with van der Waals surface area (Å²) < 4.78 is 17.3. The van der Waals surface area contributed by atoms with Crippen molar-refractivity contribution >= 4 is 34.3 Å². The van der Waals surface area contributed by atoms with Crippen LogP contribution in [-0.4, -0.2) is 37.3 Å². The highest BCUT2D eigenvalue weighted by Gasteiger charge is 2.64. The minimum atomic E-state index is -1.67. The van der Waals surface area contributed by atoms with Crippen LogP contribution < -0.4 is 0 Å². The van der Waals surface area contributed by atoms with Crippen LogP contribution in [0, 0.1) is 0 Å². The summed E-state index contributed by atoms with van der Waals surface area (Å²) in [6, 6.07) is 16.8. The second-order valence-corrected chi connectivity index (χ2v) is 9.36. The smallest absolute Gasteiger partial charge is 0.332 e. The Kier molecular flexibility index (Phi) is 4.78. The first-order valence-corrected chi connectivity index (χ1v) is 10.2. The topological polar surface area (TPSA) is 63.7 Å². The van der Waals surface area contributed by atoms with Crippen LogP contribution in [0.3, 0.4) is 0 Å². The van der Waals surface area contributed by atoms with Crippen LogP contribution in [0.25, 0.3) is 0 Å². The van der Waals surface area contributed by atoms with E-state index >= 15 is 0 Å². The van der Waals surface area contributed by atoms with Gasteiger partial charge in [0.1, 0.15) is 6.61 Å². The third kappa shape index (κ3) is 3.17. The molecule has 0 bridgehead atoms. The van der Waals surface area contributed by atoms with Gasteiger partial charge in [0, 0.05) is 23.8 Å². The Hall–Kier alpha value is -2.18. The van der Waals surface area contributed by atoms with E-state index in [0.717, 1.165) is 5.56 Å². The van der Waals surface area contributed by atoms with Crippen molar-refractivity contribution in [3.05, 3.63) is 66.2 Å². The Morgan fingerprint density at radius 2 is 1.78 bits per heavy atom. The predicted molar refractivity (Wildman–Crippen MR) is 101 cm³/mol. The van der Waals surface area contributed by atoms with Gasteiger partial charge in [0.25, 0.3) is 0 Å². The van der Waals surface area contributed by atoms with Crippen molar-refractivity contribution in [1.82, 2.24) is 4.90 Å². The molecule has 4 atom stereocenters. The quantitative estimate of drug-likeness (QED) is 0.437. The number of esters is 1. The fourth-order valence-corrected chi connectivity index (χ4v) is 5.87. The molecule has 2 aliphatic heterocycles. The Morgan fingerprint density at radius 3 is 2.41 bits per heavy atom. The Balaban J connectivity index is 1.59. The van der Waals surface area contributed by atoms with Gasteiger partial charge in [-0.1, -0.05) is 48.5 Å². The number of β-lactam (4-membered cyclic amide) rings is 1. The van der Waals surface area contributed by atoms with Crippen molar-refractivity contribution in [1.29, 1.82) is 0 Å². The van der Waals surface area contributed by atoms with Gasteiger partial charge in [-0.2, -0.15) is 0 Å². The third-order valence-corrected chi connectivity index (χ3v) is 7.49. The summed E-state index contributed by atoms with van der Waals surface area (Å²) >= 11 is 6.80. The van der Waals surface area contributed by atoms with Gasteiger partial charge in [-0.15, -0.1) is 11.6 Å². The molecular weight excluding hydrogens is 386 g/mol. The van der Waals surface area contributed by atoms with Crippen molar-refractivity contribution in [2.45, 2.75) is 40.6 Å². The number of rotatable bonds is 5. The predicted octanol–water partition coefficient (Wildman–Crippen LogP) is 2.85. The molecule has 0 radical (unpaired) electrons. The molecule has 7 heteroatoms. The molecule has 0 saturated carbocycles. The van der Waals surface area contributed by atoms with Gasteiger partial charge in [0.15, 0.2) is 10.2 Å². The van der Waals surface area contributed by atoms with E-state index in [2.05, 4.69) is 0 Å². The zero-order valence-corrected chi connectivity index (χ0v) is 16.0. The molecule has 27 heavy (non-hydrogen) atoms. The summed E-state index contributed by atoms with van der Waals surface area (Å²) in [4.78, 5) is 27.0. The summed E-state index contributed by atoms with van der Waals surface area (Å²) in [7, 11) is -1.67. The molecule has 5 nitrogen and oxygen atoms in total. The van der Waals surface area contributed by atoms with Crippen LogP contribution in [0.2, 0.25) is 0 Å². The Bertz CT molecular complexity index is 891. The zero-order chi connectivity index (χ0) is 19.0. The van der Waals surface area contributed by atoms with Crippen molar-refractivity contribution in [2.75, 3.05) is 0 Å². The fraction of sp³-hybridized carbons (Fsp3) is 0.300. The van der Waals surface area contributed by atoms with Crippen LogP contribution in [0.4, 0.5) is 0 Å². The summed E-state index contributed by atoms with van der Waals surface area (Å²) in [5.74, 6) is -0.775.